The highest BCUT2D eigenvalue weighted by atomic mass is 16.5. The van der Waals surface area contributed by atoms with E-state index in [1.165, 1.54) is 0 Å². The van der Waals surface area contributed by atoms with Gasteiger partial charge in [-0.1, -0.05) is 12.8 Å². The molecule has 2 fully saturated rings. The van der Waals surface area contributed by atoms with E-state index in [2.05, 4.69) is 5.32 Å². The molecule has 0 bridgehead atoms. The highest BCUT2D eigenvalue weighted by Gasteiger charge is 2.45. The van der Waals surface area contributed by atoms with Crippen LogP contribution >= 0.6 is 0 Å². The third-order valence-electron chi connectivity index (χ3n) is 5.01. The van der Waals surface area contributed by atoms with Crippen LogP contribution in [-0.4, -0.2) is 50.6 Å². The second-order valence-electron chi connectivity index (χ2n) is 6.83. The topological polar surface area (TPSA) is 58.6 Å². The van der Waals surface area contributed by atoms with Gasteiger partial charge in [0, 0.05) is 33.2 Å². The maximum atomic E-state index is 12.5. The van der Waals surface area contributed by atoms with E-state index in [1.54, 1.807) is 26.1 Å². The van der Waals surface area contributed by atoms with Crippen molar-refractivity contribution in [1.82, 2.24) is 10.2 Å². The molecule has 2 atom stereocenters. The Kier molecular flexibility index (Phi) is 5.25. The van der Waals surface area contributed by atoms with Crippen molar-refractivity contribution in [3.63, 3.8) is 0 Å². The molecule has 0 heterocycles. The molecule has 0 saturated heterocycles. The van der Waals surface area contributed by atoms with E-state index < -0.39 is 0 Å². The van der Waals surface area contributed by atoms with E-state index in [1.807, 2.05) is 0 Å². The molecule has 120 valence electrons. The van der Waals surface area contributed by atoms with E-state index in [9.17, 15) is 9.59 Å². The van der Waals surface area contributed by atoms with Gasteiger partial charge in [-0.15, -0.1) is 0 Å². The van der Waals surface area contributed by atoms with Gasteiger partial charge in [0.25, 0.3) is 0 Å². The van der Waals surface area contributed by atoms with Crippen molar-refractivity contribution in [2.75, 3.05) is 27.8 Å². The van der Waals surface area contributed by atoms with Gasteiger partial charge >= 0.3 is 0 Å². The molecule has 0 aromatic rings. The first kappa shape index (κ1) is 16.3. The van der Waals surface area contributed by atoms with Gasteiger partial charge in [0.05, 0.1) is 12.0 Å². The molecule has 0 unspecified atom stereocenters. The van der Waals surface area contributed by atoms with E-state index in [4.69, 9.17) is 4.74 Å². The smallest absolute Gasteiger partial charge is 0.228 e. The van der Waals surface area contributed by atoms with Crippen molar-refractivity contribution in [1.29, 1.82) is 0 Å². The highest BCUT2D eigenvalue weighted by molar-refractivity contribution is 5.84. The van der Waals surface area contributed by atoms with Gasteiger partial charge in [-0.25, -0.2) is 0 Å². The quantitative estimate of drug-likeness (QED) is 0.837. The fraction of sp³-hybridized carbons (Fsp3) is 0.875. The Morgan fingerprint density at radius 1 is 1.24 bits per heavy atom. The van der Waals surface area contributed by atoms with Gasteiger partial charge in [0.2, 0.25) is 11.8 Å². The van der Waals surface area contributed by atoms with Crippen molar-refractivity contribution in [3.8, 4) is 0 Å². The van der Waals surface area contributed by atoms with Gasteiger partial charge in [-0.3, -0.25) is 9.59 Å². The van der Waals surface area contributed by atoms with Crippen molar-refractivity contribution in [3.05, 3.63) is 0 Å². The molecule has 5 nitrogen and oxygen atoms in total. The SMILES string of the molecule is COCC1(C(=O)N[C@H]2CCC[C@@H](C(=O)N(C)C)C2)CCC1. The minimum Gasteiger partial charge on any atom is -0.384 e. The second kappa shape index (κ2) is 6.77. The number of carbonyl (C=O) groups excluding carboxylic acids is 2. The summed E-state index contributed by atoms with van der Waals surface area (Å²) in [5.74, 6) is 0.363. The molecule has 0 aromatic carbocycles. The molecule has 2 saturated carbocycles. The van der Waals surface area contributed by atoms with Crippen LogP contribution in [0.5, 0.6) is 0 Å². The number of carbonyl (C=O) groups is 2. The summed E-state index contributed by atoms with van der Waals surface area (Å²) < 4.78 is 5.23. The van der Waals surface area contributed by atoms with Crippen LogP contribution in [0.15, 0.2) is 0 Å². The molecule has 2 aliphatic rings. The van der Waals surface area contributed by atoms with Crippen molar-refractivity contribution in [2.45, 2.75) is 51.0 Å². The lowest BCUT2D eigenvalue weighted by molar-refractivity contribution is -0.142. The van der Waals surface area contributed by atoms with Crippen molar-refractivity contribution >= 4 is 11.8 Å². The molecule has 0 aromatic heterocycles. The molecular weight excluding hydrogens is 268 g/mol. The first-order valence-corrected chi connectivity index (χ1v) is 7.99. The van der Waals surface area contributed by atoms with Crippen LogP contribution in [0.2, 0.25) is 0 Å². The molecule has 21 heavy (non-hydrogen) atoms. The number of hydrogen-bond donors (Lipinski definition) is 1. The Labute approximate surface area is 127 Å². The Bertz CT molecular complexity index is 391. The van der Waals surface area contributed by atoms with Gasteiger partial charge in [-0.2, -0.15) is 0 Å². The predicted octanol–water partition coefficient (Wildman–Crippen LogP) is 1.57. The fourth-order valence-electron chi connectivity index (χ4n) is 3.57. The van der Waals surface area contributed by atoms with E-state index in [0.29, 0.717) is 6.61 Å². The van der Waals surface area contributed by atoms with E-state index >= 15 is 0 Å². The molecule has 0 aliphatic heterocycles. The van der Waals surface area contributed by atoms with Crippen molar-refractivity contribution in [2.24, 2.45) is 11.3 Å². The van der Waals surface area contributed by atoms with Crippen LogP contribution in [0.1, 0.15) is 44.9 Å². The summed E-state index contributed by atoms with van der Waals surface area (Å²) in [5, 5.41) is 3.18. The zero-order chi connectivity index (χ0) is 15.5. The highest BCUT2D eigenvalue weighted by Crippen LogP contribution is 2.41. The lowest BCUT2D eigenvalue weighted by Crippen LogP contribution is -2.52. The Balaban J connectivity index is 1.90. The monoisotopic (exact) mass is 296 g/mol. The summed E-state index contributed by atoms with van der Waals surface area (Å²) in [5.41, 5.74) is -0.312. The summed E-state index contributed by atoms with van der Waals surface area (Å²) in [7, 11) is 5.25. The second-order valence-corrected chi connectivity index (χ2v) is 6.83. The van der Waals surface area contributed by atoms with Crippen LogP contribution in [0.3, 0.4) is 0 Å². The van der Waals surface area contributed by atoms with Gasteiger partial charge in [-0.05, 0) is 32.1 Å². The Morgan fingerprint density at radius 3 is 2.48 bits per heavy atom. The number of nitrogens with one attached hydrogen (secondary N) is 1. The minimum atomic E-state index is -0.312. The number of amides is 2. The lowest BCUT2D eigenvalue weighted by atomic mass is 9.68. The zero-order valence-electron chi connectivity index (χ0n) is 13.5. The summed E-state index contributed by atoms with van der Waals surface area (Å²) in [6.45, 7) is 0.506. The molecule has 2 aliphatic carbocycles. The Hall–Kier alpha value is -1.10. The van der Waals surface area contributed by atoms with Crippen LogP contribution in [0.4, 0.5) is 0 Å². The standard InChI is InChI=1S/C16H28N2O3/c1-18(2)14(19)12-6-4-7-13(10-12)17-15(20)16(11-21-3)8-5-9-16/h12-13H,4-11H2,1-3H3,(H,17,20)/t12-,13+/m1/s1. The lowest BCUT2D eigenvalue weighted by Gasteiger charge is -2.41. The summed E-state index contributed by atoms with van der Waals surface area (Å²) in [4.78, 5) is 26.3. The number of ether oxygens (including phenoxy) is 1. The minimum absolute atomic E-state index is 0.0545. The number of nitrogens with zero attached hydrogens (tertiary/aromatic N) is 1. The molecular formula is C16H28N2O3. The first-order chi connectivity index (χ1) is 9.98. The normalized spacial score (nSPS) is 27.6. The summed E-state index contributed by atoms with van der Waals surface area (Å²) in [6.07, 6.45) is 6.62. The average Bonchev–Trinajstić information content (AvgIpc) is 2.42. The number of hydrogen-bond acceptors (Lipinski definition) is 3. The van der Waals surface area contributed by atoms with Crippen LogP contribution in [0, 0.1) is 11.3 Å². The largest absolute Gasteiger partial charge is 0.384 e. The van der Waals surface area contributed by atoms with Gasteiger partial charge in [0.1, 0.15) is 0 Å². The third-order valence-corrected chi connectivity index (χ3v) is 5.01. The molecule has 5 heteroatoms. The summed E-state index contributed by atoms with van der Waals surface area (Å²) in [6, 6.07) is 0.134. The summed E-state index contributed by atoms with van der Waals surface area (Å²) >= 11 is 0. The van der Waals surface area contributed by atoms with E-state index in [0.717, 1.165) is 44.9 Å². The zero-order valence-corrected chi connectivity index (χ0v) is 13.5. The molecule has 1 N–H and O–H groups in total. The number of methoxy groups -OCH3 is 1. The first-order valence-electron chi connectivity index (χ1n) is 7.99. The Morgan fingerprint density at radius 2 is 1.95 bits per heavy atom. The van der Waals surface area contributed by atoms with Crippen LogP contribution in [-0.2, 0) is 14.3 Å². The fourth-order valence-corrected chi connectivity index (χ4v) is 3.57. The van der Waals surface area contributed by atoms with Gasteiger partial charge < -0.3 is 15.0 Å². The molecule has 0 radical (unpaired) electrons. The maximum Gasteiger partial charge on any atom is 0.228 e. The maximum absolute atomic E-state index is 12.5. The van der Waals surface area contributed by atoms with Crippen molar-refractivity contribution < 1.29 is 14.3 Å². The predicted molar refractivity (Wildman–Crippen MR) is 80.7 cm³/mol. The third kappa shape index (κ3) is 3.57. The molecule has 2 rings (SSSR count). The van der Waals surface area contributed by atoms with Crippen LogP contribution < -0.4 is 5.32 Å². The van der Waals surface area contributed by atoms with Gasteiger partial charge in [0.15, 0.2) is 0 Å². The van der Waals surface area contributed by atoms with Crippen LogP contribution in [0.25, 0.3) is 0 Å². The van der Waals surface area contributed by atoms with E-state index in [-0.39, 0.29) is 29.2 Å². The molecule has 2 amide bonds. The average molecular weight is 296 g/mol. The molecule has 0 spiro atoms. The number of rotatable bonds is 5.